The first kappa shape index (κ1) is 5.48. The van der Waals surface area contributed by atoms with E-state index in [1.165, 1.54) is 25.9 Å². The van der Waals surface area contributed by atoms with Gasteiger partial charge in [0, 0.05) is 19.0 Å². The minimum Gasteiger partial charge on any atom is -0.315 e. The summed E-state index contributed by atoms with van der Waals surface area (Å²) in [5, 5.41) is 3.25. The Hall–Kier alpha value is -0.300. The van der Waals surface area contributed by atoms with Gasteiger partial charge in [-0.3, -0.25) is 0 Å². The van der Waals surface area contributed by atoms with E-state index >= 15 is 0 Å². The second-order valence-corrected chi connectivity index (χ2v) is 3.14. The van der Waals surface area contributed by atoms with Crippen LogP contribution in [0.4, 0.5) is 0 Å². The molecule has 9 heavy (non-hydrogen) atoms. The van der Waals surface area contributed by atoms with Crippen LogP contribution in [0.1, 0.15) is 12.8 Å². The summed E-state index contributed by atoms with van der Waals surface area (Å²) < 4.78 is 0. The zero-order chi connectivity index (χ0) is 6.10. The molecule has 1 nitrogen and oxygen atoms in total. The van der Waals surface area contributed by atoms with Crippen molar-refractivity contribution in [3.05, 3.63) is 12.2 Å². The fraction of sp³-hybridized carbons (Fsp3) is 0.750. The highest BCUT2D eigenvalue weighted by molar-refractivity contribution is 5.01. The first-order valence-electron chi connectivity index (χ1n) is 3.84. The zero-order valence-electron chi connectivity index (χ0n) is 5.64. The number of hydrogen-bond donors (Lipinski definition) is 1. The van der Waals surface area contributed by atoms with E-state index in [1.54, 1.807) is 0 Å². The number of allylic oxidation sites excluding steroid dienone is 1. The van der Waals surface area contributed by atoms with Crippen LogP contribution < -0.4 is 5.32 Å². The highest BCUT2D eigenvalue weighted by Gasteiger charge is 2.19. The maximum Gasteiger partial charge on any atom is 0.00266 e. The summed E-state index contributed by atoms with van der Waals surface area (Å²) in [6.07, 6.45) is 7.66. The monoisotopic (exact) mass is 123 g/mol. The van der Waals surface area contributed by atoms with Gasteiger partial charge in [-0.2, -0.15) is 0 Å². The summed E-state index contributed by atoms with van der Waals surface area (Å²) in [5.74, 6) is 1.83. The molecular formula is C8H13N. The first-order chi connectivity index (χ1) is 4.45. The van der Waals surface area contributed by atoms with Gasteiger partial charge in [0.25, 0.3) is 0 Å². The molecule has 0 aromatic rings. The molecule has 0 aromatic carbocycles. The van der Waals surface area contributed by atoms with E-state index in [-0.39, 0.29) is 0 Å². The van der Waals surface area contributed by atoms with Crippen LogP contribution >= 0.6 is 0 Å². The third kappa shape index (κ3) is 1.33. The van der Waals surface area contributed by atoms with E-state index < -0.39 is 0 Å². The number of hydrogen-bond acceptors (Lipinski definition) is 1. The van der Waals surface area contributed by atoms with Crippen LogP contribution in [0.2, 0.25) is 0 Å². The highest BCUT2D eigenvalue weighted by atomic mass is 14.9. The second kappa shape index (κ2) is 2.14. The smallest absolute Gasteiger partial charge is 0.00266 e. The van der Waals surface area contributed by atoms with Crippen LogP contribution in [0.3, 0.4) is 0 Å². The molecule has 0 unspecified atom stereocenters. The van der Waals surface area contributed by atoms with Crippen molar-refractivity contribution in [3.8, 4) is 0 Å². The Bertz CT molecular complexity index is 121. The van der Waals surface area contributed by atoms with Crippen molar-refractivity contribution in [1.82, 2.24) is 5.32 Å². The van der Waals surface area contributed by atoms with Crippen molar-refractivity contribution in [2.45, 2.75) is 12.8 Å². The Balaban J connectivity index is 1.73. The minimum atomic E-state index is 0.866. The normalized spacial score (nSPS) is 28.9. The third-order valence-electron chi connectivity index (χ3n) is 2.09. The molecule has 0 spiro atoms. The van der Waals surface area contributed by atoms with Crippen molar-refractivity contribution in [2.75, 3.05) is 13.1 Å². The lowest BCUT2D eigenvalue weighted by Gasteiger charge is -2.23. The number of nitrogens with one attached hydrogen (secondary N) is 1. The lowest BCUT2D eigenvalue weighted by molar-refractivity contribution is 0.418. The van der Waals surface area contributed by atoms with Crippen molar-refractivity contribution in [1.29, 1.82) is 0 Å². The quantitative estimate of drug-likeness (QED) is 0.543. The van der Waals surface area contributed by atoms with E-state index in [9.17, 15) is 0 Å². The molecule has 0 aromatic heterocycles. The molecule has 50 valence electrons. The predicted molar refractivity (Wildman–Crippen MR) is 38.2 cm³/mol. The predicted octanol–water partition coefficient (Wildman–Crippen LogP) is 1.17. The summed E-state index contributed by atoms with van der Waals surface area (Å²) in [7, 11) is 0. The largest absolute Gasteiger partial charge is 0.315 e. The topological polar surface area (TPSA) is 12.0 Å². The van der Waals surface area contributed by atoms with Gasteiger partial charge in [-0.1, -0.05) is 12.2 Å². The summed E-state index contributed by atoms with van der Waals surface area (Å²) in [4.78, 5) is 0. The SMILES string of the molecule is C(=C\C1CNC1)/C1CC1. The van der Waals surface area contributed by atoms with Gasteiger partial charge in [0.2, 0.25) is 0 Å². The molecule has 1 aliphatic heterocycles. The third-order valence-corrected chi connectivity index (χ3v) is 2.09. The Morgan fingerprint density at radius 3 is 2.11 bits per heavy atom. The van der Waals surface area contributed by atoms with Gasteiger partial charge in [0.05, 0.1) is 0 Å². The Labute approximate surface area is 56.1 Å². The maximum atomic E-state index is 3.25. The van der Waals surface area contributed by atoms with Crippen LogP contribution in [0.15, 0.2) is 12.2 Å². The Morgan fingerprint density at radius 1 is 1.00 bits per heavy atom. The standard InChI is InChI=1S/C8H13N/c1-2-7(1)3-4-8-5-9-6-8/h3-4,7-9H,1-2,5-6H2/b4-3+. The van der Waals surface area contributed by atoms with Gasteiger partial charge in [-0.15, -0.1) is 0 Å². The van der Waals surface area contributed by atoms with Crippen LogP contribution in [-0.4, -0.2) is 13.1 Å². The molecule has 0 radical (unpaired) electrons. The van der Waals surface area contributed by atoms with E-state index in [0.717, 1.165) is 11.8 Å². The molecule has 0 atom stereocenters. The highest BCUT2D eigenvalue weighted by Crippen LogP contribution is 2.30. The Morgan fingerprint density at radius 2 is 1.67 bits per heavy atom. The lowest BCUT2D eigenvalue weighted by Crippen LogP contribution is -2.40. The maximum absolute atomic E-state index is 3.25. The molecule has 1 saturated heterocycles. The molecule has 2 rings (SSSR count). The van der Waals surface area contributed by atoms with Crippen LogP contribution in [0.5, 0.6) is 0 Å². The molecule has 2 fully saturated rings. The molecule has 0 amide bonds. The summed E-state index contributed by atoms with van der Waals surface area (Å²) in [6.45, 7) is 2.42. The summed E-state index contributed by atoms with van der Waals surface area (Å²) in [5.41, 5.74) is 0. The fourth-order valence-corrected chi connectivity index (χ4v) is 1.05. The average molecular weight is 123 g/mol. The second-order valence-electron chi connectivity index (χ2n) is 3.14. The molecule has 2 aliphatic rings. The average Bonchev–Trinajstić information content (AvgIpc) is 2.44. The van der Waals surface area contributed by atoms with E-state index in [4.69, 9.17) is 0 Å². The van der Waals surface area contributed by atoms with Gasteiger partial charge in [-0.25, -0.2) is 0 Å². The van der Waals surface area contributed by atoms with Gasteiger partial charge in [0.15, 0.2) is 0 Å². The number of rotatable bonds is 2. The van der Waals surface area contributed by atoms with E-state index in [1.807, 2.05) is 0 Å². The first-order valence-corrected chi connectivity index (χ1v) is 3.84. The molecule has 1 saturated carbocycles. The minimum absolute atomic E-state index is 0.866. The van der Waals surface area contributed by atoms with Crippen molar-refractivity contribution in [3.63, 3.8) is 0 Å². The molecule has 0 bridgehead atoms. The Kier molecular flexibility index (Phi) is 1.31. The molecule has 1 N–H and O–H groups in total. The van der Waals surface area contributed by atoms with E-state index in [0.29, 0.717) is 0 Å². The zero-order valence-corrected chi connectivity index (χ0v) is 5.64. The van der Waals surface area contributed by atoms with Gasteiger partial charge in [0.1, 0.15) is 0 Å². The molecular weight excluding hydrogens is 110 g/mol. The molecule has 1 heterocycles. The van der Waals surface area contributed by atoms with Crippen LogP contribution in [-0.2, 0) is 0 Å². The van der Waals surface area contributed by atoms with Crippen molar-refractivity contribution < 1.29 is 0 Å². The summed E-state index contributed by atoms with van der Waals surface area (Å²) >= 11 is 0. The van der Waals surface area contributed by atoms with Crippen LogP contribution in [0.25, 0.3) is 0 Å². The fourth-order valence-electron chi connectivity index (χ4n) is 1.05. The van der Waals surface area contributed by atoms with E-state index in [2.05, 4.69) is 17.5 Å². The van der Waals surface area contributed by atoms with Gasteiger partial charge < -0.3 is 5.32 Å². The lowest BCUT2D eigenvalue weighted by atomic mass is 10.0. The van der Waals surface area contributed by atoms with Crippen LogP contribution in [0, 0.1) is 11.8 Å². The van der Waals surface area contributed by atoms with Crippen molar-refractivity contribution in [2.24, 2.45) is 11.8 Å². The van der Waals surface area contributed by atoms with Gasteiger partial charge >= 0.3 is 0 Å². The summed E-state index contributed by atoms with van der Waals surface area (Å²) in [6, 6.07) is 0. The molecule has 1 heteroatoms. The van der Waals surface area contributed by atoms with Gasteiger partial charge in [-0.05, 0) is 18.8 Å². The molecule has 1 aliphatic carbocycles. The van der Waals surface area contributed by atoms with Crippen molar-refractivity contribution >= 4 is 0 Å².